The molecule has 0 aliphatic carbocycles. The average molecular weight is 751 g/mol. The van der Waals surface area contributed by atoms with Crippen LogP contribution in [0.4, 0.5) is 0 Å². The normalized spacial score (nSPS) is 12.5. The van der Waals surface area contributed by atoms with Gasteiger partial charge in [0.1, 0.15) is 12.1 Å². The first kappa shape index (κ1) is 50.6. The maximum atomic E-state index is 12.6. The smallest absolute Gasteiger partial charge is 0.328 e. The molecule has 0 aromatic rings. The van der Waals surface area contributed by atoms with Gasteiger partial charge >= 0.3 is 11.9 Å². The molecule has 0 aromatic heterocycles. The number of hydrogen-bond donors (Lipinski definition) is 4. The van der Waals surface area contributed by atoms with Crippen LogP contribution in [0.2, 0.25) is 0 Å². The van der Waals surface area contributed by atoms with Gasteiger partial charge in [-0.1, -0.05) is 174 Å². The van der Waals surface area contributed by atoms with E-state index < -0.39 is 24.5 Å². The van der Waals surface area contributed by atoms with Crippen LogP contribution in [0, 0.1) is 0 Å². The number of carbonyl (C=O) groups excluding carboxylic acids is 3. The number of allylic oxidation sites excluding steroid dienone is 1. The van der Waals surface area contributed by atoms with Gasteiger partial charge < -0.3 is 25.6 Å². The molecule has 9 heteroatoms. The van der Waals surface area contributed by atoms with Crippen molar-refractivity contribution in [3.05, 3.63) is 12.2 Å². The van der Waals surface area contributed by atoms with Gasteiger partial charge in [0, 0.05) is 12.8 Å². The summed E-state index contributed by atoms with van der Waals surface area (Å²) < 4.78 is 5.87. The molecule has 0 fully saturated rings. The number of unbranched alkanes of at least 4 members (excludes halogenated alkanes) is 26. The summed E-state index contributed by atoms with van der Waals surface area (Å²) in [7, 11) is 0. The number of amides is 2. The Kier molecular flexibility index (Phi) is 37.5. The lowest BCUT2D eigenvalue weighted by atomic mass is 10.0. The van der Waals surface area contributed by atoms with Crippen LogP contribution in [-0.4, -0.2) is 59.3 Å². The monoisotopic (exact) mass is 751 g/mol. The van der Waals surface area contributed by atoms with Crippen molar-refractivity contribution in [3.8, 4) is 0 Å². The molecule has 2 amide bonds. The van der Waals surface area contributed by atoms with Crippen LogP contribution < -0.4 is 10.6 Å². The molecule has 0 radical (unpaired) electrons. The first-order valence-electron chi connectivity index (χ1n) is 22.1. The van der Waals surface area contributed by atoms with Gasteiger partial charge in [0.25, 0.3) is 0 Å². The number of carboxylic acid groups (broad SMARTS) is 1. The molecule has 2 unspecified atom stereocenters. The predicted molar refractivity (Wildman–Crippen MR) is 218 cm³/mol. The Balaban J connectivity index is 3.95. The summed E-state index contributed by atoms with van der Waals surface area (Å²) in [5.41, 5.74) is 0. The standard InChI is InChI=1S/C44H82N2O7/c1-3-5-7-9-10-11-12-13-14-15-16-17-18-19-20-21-22-23-24-26-32-36-43(50)53-39(33-29-25-8-6-4-2)34-30-27-28-31-35-41(48)45-37-42(49)46-40(38-47)44(51)52/h29,33,39-40,47H,3-28,30-32,34-38H2,1-2H3,(H,45,48)(H,46,49)(H,51,52)/b33-29-. The number of aliphatic hydroxyl groups is 1. The second-order valence-corrected chi connectivity index (χ2v) is 15.1. The molecule has 0 rings (SSSR count). The molecule has 310 valence electrons. The molecular weight excluding hydrogens is 668 g/mol. The van der Waals surface area contributed by atoms with E-state index >= 15 is 0 Å². The van der Waals surface area contributed by atoms with E-state index in [0.29, 0.717) is 12.8 Å². The largest absolute Gasteiger partial charge is 0.480 e. The lowest BCUT2D eigenvalue weighted by Crippen LogP contribution is -2.47. The minimum Gasteiger partial charge on any atom is -0.480 e. The number of carbonyl (C=O) groups is 4. The fourth-order valence-corrected chi connectivity index (χ4v) is 6.57. The fourth-order valence-electron chi connectivity index (χ4n) is 6.57. The highest BCUT2D eigenvalue weighted by molar-refractivity contribution is 5.87. The summed E-state index contributed by atoms with van der Waals surface area (Å²) in [6.45, 7) is 3.42. The van der Waals surface area contributed by atoms with Crippen molar-refractivity contribution >= 4 is 23.8 Å². The Labute approximate surface area is 324 Å². The van der Waals surface area contributed by atoms with E-state index in [9.17, 15) is 19.2 Å². The molecule has 9 nitrogen and oxygen atoms in total. The summed E-state index contributed by atoms with van der Waals surface area (Å²) in [6, 6.07) is -1.39. The van der Waals surface area contributed by atoms with Crippen LogP contribution in [0.25, 0.3) is 0 Å². The van der Waals surface area contributed by atoms with Crippen LogP contribution in [0.1, 0.15) is 219 Å². The van der Waals surface area contributed by atoms with Crippen LogP contribution in [0.3, 0.4) is 0 Å². The second kappa shape index (κ2) is 39.3. The lowest BCUT2D eigenvalue weighted by molar-refractivity contribution is -0.147. The minimum atomic E-state index is -1.39. The summed E-state index contributed by atoms with van der Waals surface area (Å²) in [5.74, 6) is -2.39. The zero-order valence-corrected chi connectivity index (χ0v) is 34.3. The van der Waals surface area contributed by atoms with Crippen molar-refractivity contribution in [1.29, 1.82) is 0 Å². The highest BCUT2D eigenvalue weighted by Gasteiger charge is 2.18. The van der Waals surface area contributed by atoms with Crippen molar-refractivity contribution in [2.75, 3.05) is 13.2 Å². The summed E-state index contributed by atoms with van der Waals surface area (Å²) in [4.78, 5) is 47.4. The van der Waals surface area contributed by atoms with Gasteiger partial charge in [-0.3, -0.25) is 14.4 Å². The van der Waals surface area contributed by atoms with Gasteiger partial charge in [-0.2, -0.15) is 0 Å². The lowest BCUT2D eigenvalue weighted by Gasteiger charge is -2.15. The van der Waals surface area contributed by atoms with E-state index in [4.69, 9.17) is 14.9 Å². The Morgan fingerprint density at radius 2 is 1.00 bits per heavy atom. The zero-order valence-electron chi connectivity index (χ0n) is 34.3. The molecule has 0 aromatic carbocycles. The summed E-state index contributed by atoms with van der Waals surface area (Å²) in [6.07, 6.45) is 41.5. The third-order valence-corrected chi connectivity index (χ3v) is 10.00. The minimum absolute atomic E-state index is 0.111. The van der Waals surface area contributed by atoms with E-state index in [-0.39, 0.29) is 30.9 Å². The van der Waals surface area contributed by atoms with Crippen LogP contribution in [-0.2, 0) is 23.9 Å². The first-order chi connectivity index (χ1) is 25.8. The number of carboxylic acids is 1. The first-order valence-corrected chi connectivity index (χ1v) is 22.1. The zero-order chi connectivity index (χ0) is 39.0. The highest BCUT2D eigenvalue weighted by Crippen LogP contribution is 2.17. The van der Waals surface area contributed by atoms with Crippen LogP contribution in [0.15, 0.2) is 12.2 Å². The Morgan fingerprint density at radius 1 is 0.566 bits per heavy atom. The Morgan fingerprint density at radius 3 is 1.47 bits per heavy atom. The number of aliphatic carboxylic acids is 1. The molecule has 0 heterocycles. The number of ether oxygens (including phenoxy) is 1. The number of esters is 1. The van der Waals surface area contributed by atoms with Crippen molar-refractivity contribution in [3.63, 3.8) is 0 Å². The Bertz CT molecular complexity index is 910. The molecule has 0 saturated carbocycles. The SMILES string of the molecule is CCCCC/C=C\C(CCCCCCC(=O)NCC(=O)NC(CO)C(=O)O)OC(=O)CCCCCCCCCCCCCCCCCCCCCCC. The van der Waals surface area contributed by atoms with E-state index in [0.717, 1.165) is 51.4 Å². The van der Waals surface area contributed by atoms with Gasteiger partial charge in [0.05, 0.1) is 13.2 Å². The van der Waals surface area contributed by atoms with Gasteiger partial charge in [0.2, 0.25) is 11.8 Å². The molecule has 4 N–H and O–H groups in total. The highest BCUT2D eigenvalue weighted by atomic mass is 16.5. The van der Waals surface area contributed by atoms with Gasteiger partial charge in [0.15, 0.2) is 0 Å². The molecule has 0 bridgehead atoms. The van der Waals surface area contributed by atoms with E-state index in [1.807, 2.05) is 0 Å². The molecule has 2 atom stereocenters. The van der Waals surface area contributed by atoms with Crippen molar-refractivity contribution in [2.24, 2.45) is 0 Å². The van der Waals surface area contributed by atoms with Gasteiger partial charge in [-0.05, 0) is 44.6 Å². The van der Waals surface area contributed by atoms with Crippen LogP contribution >= 0.6 is 0 Å². The molecule has 53 heavy (non-hydrogen) atoms. The van der Waals surface area contributed by atoms with E-state index in [2.05, 4.69) is 36.6 Å². The van der Waals surface area contributed by atoms with Crippen molar-refractivity contribution in [2.45, 2.75) is 231 Å². The Hall–Kier alpha value is -2.42. The van der Waals surface area contributed by atoms with Gasteiger partial charge in [-0.15, -0.1) is 0 Å². The predicted octanol–water partition coefficient (Wildman–Crippen LogP) is 10.7. The molecule has 0 spiro atoms. The fraction of sp³-hybridized carbons (Fsp3) is 0.864. The summed E-state index contributed by atoms with van der Waals surface area (Å²) in [5, 5.41) is 22.5. The number of nitrogens with one attached hydrogen (secondary N) is 2. The molecule has 0 saturated heterocycles. The number of hydrogen-bond acceptors (Lipinski definition) is 6. The second-order valence-electron chi connectivity index (χ2n) is 15.1. The van der Waals surface area contributed by atoms with Gasteiger partial charge in [-0.25, -0.2) is 4.79 Å². The average Bonchev–Trinajstić information content (AvgIpc) is 3.14. The van der Waals surface area contributed by atoms with E-state index in [1.54, 1.807) is 0 Å². The maximum Gasteiger partial charge on any atom is 0.328 e. The quantitative estimate of drug-likeness (QED) is 0.0277. The molecule has 0 aliphatic rings. The third kappa shape index (κ3) is 36.3. The number of rotatable bonds is 40. The van der Waals surface area contributed by atoms with Crippen molar-refractivity contribution in [1.82, 2.24) is 10.6 Å². The topological polar surface area (TPSA) is 142 Å². The molecule has 0 aliphatic heterocycles. The van der Waals surface area contributed by atoms with E-state index in [1.165, 1.54) is 135 Å². The summed E-state index contributed by atoms with van der Waals surface area (Å²) >= 11 is 0. The molecular formula is C44H82N2O7. The maximum absolute atomic E-state index is 12.6. The van der Waals surface area contributed by atoms with Crippen LogP contribution in [0.5, 0.6) is 0 Å². The van der Waals surface area contributed by atoms with Crippen molar-refractivity contribution < 1.29 is 34.1 Å². The number of aliphatic hydroxyl groups excluding tert-OH is 1. The third-order valence-electron chi connectivity index (χ3n) is 10.00.